The first kappa shape index (κ1) is 19.9. The van der Waals surface area contributed by atoms with Crippen LogP contribution in [0.15, 0.2) is 10.6 Å². The smallest absolute Gasteiger partial charge is 0.326 e. The summed E-state index contributed by atoms with van der Waals surface area (Å²) in [4.78, 5) is 36.6. The van der Waals surface area contributed by atoms with Crippen molar-refractivity contribution < 1.29 is 23.6 Å². The number of hydrogen-bond donors (Lipinski definition) is 2. The molecule has 4 fully saturated rings. The Balaban J connectivity index is 1.20. The number of rotatable bonds is 7. The van der Waals surface area contributed by atoms with Gasteiger partial charge in [-0.05, 0) is 75.5 Å². The highest BCUT2D eigenvalue weighted by Gasteiger charge is 2.51. The van der Waals surface area contributed by atoms with E-state index >= 15 is 0 Å². The molecule has 4 aliphatic rings. The molecule has 2 amide bonds. The van der Waals surface area contributed by atoms with E-state index in [1.165, 1.54) is 26.2 Å². The maximum atomic E-state index is 12.5. The first-order valence-corrected chi connectivity index (χ1v) is 10.5. The number of aryl methyl sites for hydroxylation is 1. The van der Waals surface area contributed by atoms with Crippen molar-refractivity contribution in [3.8, 4) is 0 Å². The molecule has 0 saturated heterocycles. The zero-order valence-corrected chi connectivity index (χ0v) is 17.0. The van der Waals surface area contributed by atoms with E-state index < -0.39 is 18.0 Å². The lowest BCUT2D eigenvalue weighted by Crippen LogP contribution is -2.48. The van der Waals surface area contributed by atoms with Gasteiger partial charge in [0.2, 0.25) is 5.91 Å². The molecule has 4 aliphatic carbocycles. The lowest BCUT2D eigenvalue weighted by molar-refractivity contribution is -0.153. The van der Waals surface area contributed by atoms with E-state index in [9.17, 15) is 14.4 Å². The quantitative estimate of drug-likeness (QED) is 0.677. The third kappa shape index (κ3) is 4.62. The molecule has 0 radical (unpaired) electrons. The Morgan fingerprint density at radius 1 is 1.21 bits per heavy atom. The molecule has 1 aromatic rings. The summed E-state index contributed by atoms with van der Waals surface area (Å²) in [6, 6.07) is 1.57. The van der Waals surface area contributed by atoms with Gasteiger partial charge < -0.3 is 19.9 Å². The molecule has 29 heavy (non-hydrogen) atoms. The lowest BCUT2D eigenvalue weighted by Gasteiger charge is -2.56. The monoisotopic (exact) mass is 403 g/mol. The zero-order valence-electron chi connectivity index (χ0n) is 17.0. The first-order valence-electron chi connectivity index (χ1n) is 10.5. The largest absolute Gasteiger partial charge is 0.451 e. The fourth-order valence-corrected chi connectivity index (χ4v) is 6.03. The van der Waals surface area contributed by atoms with Gasteiger partial charge in [-0.25, -0.2) is 0 Å². The second kappa shape index (κ2) is 7.80. The Morgan fingerprint density at radius 2 is 1.83 bits per heavy atom. The molecule has 158 valence electrons. The number of nitrogens with one attached hydrogen (secondary N) is 2. The van der Waals surface area contributed by atoms with Gasteiger partial charge >= 0.3 is 5.97 Å². The predicted molar refractivity (Wildman–Crippen MR) is 104 cm³/mol. The van der Waals surface area contributed by atoms with Gasteiger partial charge in [-0.1, -0.05) is 5.16 Å². The lowest BCUT2D eigenvalue weighted by atomic mass is 9.49. The van der Waals surface area contributed by atoms with Crippen LogP contribution in [0.3, 0.4) is 0 Å². The number of ether oxygens (including phenoxy) is 1. The average Bonchev–Trinajstić information content (AvgIpc) is 3.03. The number of carbonyl (C=O) groups excluding carboxylic acids is 3. The van der Waals surface area contributed by atoms with Crippen molar-refractivity contribution in [1.82, 2.24) is 10.5 Å². The van der Waals surface area contributed by atoms with Gasteiger partial charge in [0, 0.05) is 12.5 Å². The summed E-state index contributed by atoms with van der Waals surface area (Å²) in [6.45, 7) is 2.95. The van der Waals surface area contributed by atoms with Crippen LogP contribution in [0.25, 0.3) is 0 Å². The normalized spacial score (nSPS) is 30.6. The number of esters is 1. The highest BCUT2D eigenvalue weighted by Crippen LogP contribution is 2.61. The number of nitrogens with zero attached hydrogens (tertiary/aromatic N) is 1. The SMILES string of the molecule is Cc1cc(NC(=O)[C@@H](C)OC(=O)CNC(=O)CC23CC4CC(CC(C4)C2)C3)no1. The average molecular weight is 403 g/mol. The van der Waals surface area contributed by atoms with E-state index in [2.05, 4.69) is 15.8 Å². The molecule has 0 unspecified atom stereocenters. The second-order valence-electron chi connectivity index (χ2n) is 9.32. The van der Waals surface area contributed by atoms with Crippen molar-refractivity contribution in [2.24, 2.45) is 23.2 Å². The molecular weight excluding hydrogens is 374 g/mol. The maximum absolute atomic E-state index is 12.5. The molecule has 4 saturated carbocycles. The van der Waals surface area contributed by atoms with Crippen LogP contribution in [-0.2, 0) is 19.1 Å². The molecular formula is C21H29N3O5. The summed E-state index contributed by atoms with van der Waals surface area (Å²) < 4.78 is 9.98. The highest BCUT2D eigenvalue weighted by atomic mass is 16.5. The van der Waals surface area contributed by atoms with Crippen LogP contribution in [0.5, 0.6) is 0 Å². The van der Waals surface area contributed by atoms with Crippen LogP contribution in [0.4, 0.5) is 5.82 Å². The summed E-state index contributed by atoms with van der Waals surface area (Å²) in [5, 5.41) is 8.85. The van der Waals surface area contributed by atoms with Crippen molar-refractivity contribution in [3.63, 3.8) is 0 Å². The Labute approximate surface area is 170 Å². The molecule has 1 aromatic heterocycles. The van der Waals surface area contributed by atoms with E-state index in [0.29, 0.717) is 12.2 Å². The molecule has 4 bridgehead atoms. The number of amides is 2. The highest BCUT2D eigenvalue weighted by molar-refractivity contribution is 5.94. The third-order valence-electron chi connectivity index (χ3n) is 6.69. The number of aromatic nitrogens is 1. The standard InChI is InChI=1S/C21H29N3O5/c1-12-3-17(24-29-12)23-20(27)13(2)28-19(26)11-22-18(25)10-21-7-14-4-15(8-21)6-16(5-14)9-21/h3,13-16H,4-11H2,1-2H3,(H,22,25)(H,23,24,27)/t13-,14?,15?,16?,21?/m1/s1. The van der Waals surface area contributed by atoms with E-state index in [1.54, 1.807) is 13.0 Å². The van der Waals surface area contributed by atoms with Gasteiger partial charge in [-0.2, -0.15) is 0 Å². The molecule has 2 N–H and O–H groups in total. The summed E-state index contributed by atoms with van der Waals surface area (Å²) in [7, 11) is 0. The molecule has 1 atom stereocenters. The maximum Gasteiger partial charge on any atom is 0.326 e. The Kier molecular flexibility index (Phi) is 5.36. The second-order valence-corrected chi connectivity index (χ2v) is 9.32. The fourth-order valence-electron chi connectivity index (χ4n) is 6.03. The minimum absolute atomic E-state index is 0.0981. The fraction of sp³-hybridized carbons (Fsp3) is 0.714. The van der Waals surface area contributed by atoms with Crippen molar-refractivity contribution in [1.29, 1.82) is 0 Å². The Bertz CT molecular complexity index is 767. The topological polar surface area (TPSA) is 111 Å². The number of carbonyl (C=O) groups is 3. The van der Waals surface area contributed by atoms with E-state index in [1.807, 2.05) is 0 Å². The van der Waals surface area contributed by atoms with E-state index in [-0.39, 0.29) is 23.7 Å². The summed E-state index contributed by atoms with van der Waals surface area (Å²) >= 11 is 0. The minimum Gasteiger partial charge on any atom is -0.451 e. The van der Waals surface area contributed by atoms with Gasteiger partial charge in [0.25, 0.3) is 5.91 Å². The van der Waals surface area contributed by atoms with Crippen LogP contribution in [0, 0.1) is 30.1 Å². The van der Waals surface area contributed by atoms with Gasteiger partial charge in [0.1, 0.15) is 12.3 Å². The van der Waals surface area contributed by atoms with Crippen molar-refractivity contribution >= 4 is 23.6 Å². The Hall–Kier alpha value is -2.38. The third-order valence-corrected chi connectivity index (χ3v) is 6.69. The van der Waals surface area contributed by atoms with Gasteiger partial charge in [-0.3, -0.25) is 14.4 Å². The van der Waals surface area contributed by atoms with Gasteiger partial charge in [0.15, 0.2) is 11.9 Å². The Morgan fingerprint density at radius 3 is 2.38 bits per heavy atom. The van der Waals surface area contributed by atoms with Crippen molar-refractivity contribution in [2.45, 2.75) is 64.9 Å². The van der Waals surface area contributed by atoms with E-state index in [0.717, 1.165) is 37.0 Å². The van der Waals surface area contributed by atoms with Crippen LogP contribution >= 0.6 is 0 Å². The molecule has 8 nitrogen and oxygen atoms in total. The number of hydrogen-bond acceptors (Lipinski definition) is 6. The van der Waals surface area contributed by atoms with Crippen LogP contribution < -0.4 is 10.6 Å². The van der Waals surface area contributed by atoms with Crippen LogP contribution in [0.2, 0.25) is 0 Å². The van der Waals surface area contributed by atoms with Gasteiger partial charge in [0.05, 0.1) is 0 Å². The summed E-state index contributed by atoms with van der Waals surface area (Å²) in [6.07, 6.45) is 6.94. The van der Waals surface area contributed by atoms with Crippen LogP contribution in [-0.4, -0.2) is 35.6 Å². The molecule has 5 rings (SSSR count). The van der Waals surface area contributed by atoms with E-state index in [4.69, 9.17) is 9.26 Å². The number of anilines is 1. The van der Waals surface area contributed by atoms with Crippen molar-refractivity contribution in [2.75, 3.05) is 11.9 Å². The van der Waals surface area contributed by atoms with Crippen molar-refractivity contribution in [3.05, 3.63) is 11.8 Å². The molecule has 8 heteroatoms. The molecule has 1 heterocycles. The predicted octanol–water partition coefficient (Wildman–Crippen LogP) is 2.58. The zero-order chi connectivity index (χ0) is 20.6. The molecule has 0 spiro atoms. The van der Waals surface area contributed by atoms with Crippen LogP contribution in [0.1, 0.15) is 57.6 Å². The van der Waals surface area contributed by atoms with Gasteiger partial charge in [-0.15, -0.1) is 0 Å². The molecule has 0 aromatic carbocycles. The summed E-state index contributed by atoms with van der Waals surface area (Å²) in [5.74, 6) is 1.94. The molecule has 0 aliphatic heterocycles. The minimum atomic E-state index is -1.00. The summed E-state index contributed by atoms with van der Waals surface area (Å²) in [5.41, 5.74) is 0.131. The first-order chi connectivity index (χ1) is 13.8.